The summed E-state index contributed by atoms with van der Waals surface area (Å²) in [6.07, 6.45) is -0.774. The van der Waals surface area contributed by atoms with Crippen molar-refractivity contribution in [3.05, 3.63) is 29.8 Å². The number of sulfonamides is 1. The summed E-state index contributed by atoms with van der Waals surface area (Å²) in [4.78, 5) is 12.5. The van der Waals surface area contributed by atoms with Crippen molar-refractivity contribution >= 4 is 15.9 Å². The fourth-order valence-corrected chi connectivity index (χ4v) is 4.50. The molecule has 8 heteroatoms. The molecule has 0 bridgehead atoms. The molecule has 1 heterocycles. The summed E-state index contributed by atoms with van der Waals surface area (Å²) in [6.45, 7) is 6.62. The molecule has 1 aromatic carbocycles. The van der Waals surface area contributed by atoms with Crippen LogP contribution in [0.1, 0.15) is 52.0 Å². The van der Waals surface area contributed by atoms with E-state index in [1.165, 1.54) is 16.4 Å². The van der Waals surface area contributed by atoms with Crippen LogP contribution in [0.25, 0.3) is 0 Å². The van der Waals surface area contributed by atoms with Gasteiger partial charge in [-0.1, -0.05) is 39.3 Å². The summed E-state index contributed by atoms with van der Waals surface area (Å²) < 4.78 is 52.5. The lowest BCUT2D eigenvalue weighted by Gasteiger charge is -2.34. The zero-order valence-corrected chi connectivity index (χ0v) is 16.2. The maximum Gasteiger partial charge on any atom is 0.263 e. The SMILES string of the molecule is CC(C)(C)CNC(=O)[C@@H]1CCCCN1S(=O)(=O)c1ccc(C(F)F)cc1. The first-order chi connectivity index (χ1) is 12.0. The van der Waals surface area contributed by atoms with E-state index in [9.17, 15) is 22.0 Å². The maximum atomic E-state index is 12.9. The molecular formula is C18H26F2N2O3S. The second-order valence-corrected chi connectivity index (χ2v) is 9.67. The van der Waals surface area contributed by atoms with E-state index in [4.69, 9.17) is 0 Å². The van der Waals surface area contributed by atoms with Gasteiger partial charge in [0.15, 0.2) is 0 Å². The highest BCUT2D eigenvalue weighted by Crippen LogP contribution is 2.27. The second kappa shape index (κ2) is 8.00. The van der Waals surface area contributed by atoms with Crippen molar-refractivity contribution in [2.75, 3.05) is 13.1 Å². The average molecular weight is 388 g/mol. The van der Waals surface area contributed by atoms with Crippen LogP contribution in [0.3, 0.4) is 0 Å². The minimum atomic E-state index is -3.92. The van der Waals surface area contributed by atoms with Crippen molar-refractivity contribution in [3.8, 4) is 0 Å². The Bertz CT molecular complexity index is 728. The largest absolute Gasteiger partial charge is 0.354 e. The van der Waals surface area contributed by atoms with E-state index in [2.05, 4.69) is 5.32 Å². The van der Waals surface area contributed by atoms with Crippen LogP contribution in [0, 0.1) is 5.41 Å². The minimum absolute atomic E-state index is 0.0718. The van der Waals surface area contributed by atoms with Gasteiger partial charge < -0.3 is 5.32 Å². The third kappa shape index (κ3) is 5.01. The van der Waals surface area contributed by atoms with Crippen LogP contribution in [0.5, 0.6) is 0 Å². The van der Waals surface area contributed by atoms with E-state index in [1.807, 2.05) is 20.8 Å². The lowest BCUT2D eigenvalue weighted by molar-refractivity contribution is -0.126. The molecule has 0 unspecified atom stereocenters. The van der Waals surface area contributed by atoms with E-state index >= 15 is 0 Å². The smallest absolute Gasteiger partial charge is 0.263 e. The molecule has 0 aliphatic carbocycles. The number of nitrogens with one attached hydrogen (secondary N) is 1. The van der Waals surface area contributed by atoms with Crippen LogP contribution < -0.4 is 5.32 Å². The van der Waals surface area contributed by atoms with Gasteiger partial charge in [0.1, 0.15) is 6.04 Å². The van der Waals surface area contributed by atoms with Crippen LogP contribution in [0.4, 0.5) is 8.78 Å². The van der Waals surface area contributed by atoms with Gasteiger partial charge in [-0.3, -0.25) is 4.79 Å². The number of carbonyl (C=O) groups is 1. The van der Waals surface area contributed by atoms with Crippen molar-refractivity contribution in [1.29, 1.82) is 0 Å². The van der Waals surface area contributed by atoms with Gasteiger partial charge in [-0.05, 0) is 30.4 Å². The van der Waals surface area contributed by atoms with E-state index in [0.717, 1.165) is 18.6 Å². The quantitative estimate of drug-likeness (QED) is 0.841. The molecule has 26 heavy (non-hydrogen) atoms. The van der Waals surface area contributed by atoms with Crippen LogP contribution in [-0.2, 0) is 14.8 Å². The Morgan fingerprint density at radius 3 is 2.38 bits per heavy atom. The molecule has 0 radical (unpaired) electrons. The Kier molecular flexibility index (Phi) is 6.39. The number of hydrogen-bond acceptors (Lipinski definition) is 3. The molecular weight excluding hydrogens is 362 g/mol. The summed E-state index contributed by atoms with van der Waals surface area (Å²) in [6, 6.07) is 3.79. The van der Waals surface area contributed by atoms with Gasteiger partial charge in [-0.15, -0.1) is 0 Å². The van der Waals surface area contributed by atoms with Crippen molar-refractivity contribution in [2.24, 2.45) is 5.41 Å². The lowest BCUT2D eigenvalue weighted by atomic mass is 9.96. The molecule has 2 rings (SSSR count). The number of amides is 1. The fraction of sp³-hybridized carbons (Fsp3) is 0.611. The zero-order valence-electron chi connectivity index (χ0n) is 15.3. The third-order valence-electron chi connectivity index (χ3n) is 4.29. The Morgan fingerprint density at radius 2 is 1.85 bits per heavy atom. The number of alkyl halides is 2. The Balaban J connectivity index is 2.22. The van der Waals surface area contributed by atoms with E-state index in [0.29, 0.717) is 19.4 Å². The van der Waals surface area contributed by atoms with E-state index < -0.39 is 22.5 Å². The molecule has 1 atom stereocenters. The van der Waals surface area contributed by atoms with Gasteiger partial charge in [-0.25, -0.2) is 17.2 Å². The Hall–Kier alpha value is -1.54. The third-order valence-corrected chi connectivity index (χ3v) is 6.21. The van der Waals surface area contributed by atoms with E-state index in [1.54, 1.807) is 0 Å². The van der Waals surface area contributed by atoms with Gasteiger partial charge >= 0.3 is 0 Å². The summed E-state index contributed by atoms with van der Waals surface area (Å²) in [5.41, 5.74) is -0.346. The first kappa shape index (κ1) is 20.8. The zero-order chi connectivity index (χ0) is 19.5. The first-order valence-electron chi connectivity index (χ1n) is 8.70. The van der Waals surface area contributed by atoms with Gasteiger partial charge in [0, 0.05) is 18.7 Å². The molecule has 1 saturated heterocycles. The molecule has 0 aromatic heterocycles. The number of hydrogen-bond donors (Lipinski definition) is 1. The molecule has 5 nitrogen and oxygen atoms in total. The van der Waals surface area contributed by atoms with E-state index in [-0.39, 0.29) is 28.3 Å². The highest BCUT2D eigenvalue weighted by molar-refractivity contribution is 7.89. The van der Waals surface area contributed by atoms with Gasteiger partial charge in [0.25, 0.3) is 6.43 Å². The number of carbonyl (C=O) groups excluding carboxylic acids is 1. The molecule has 1 aliphatic rings. The number of benzene rings is 1. The predicted molar refractivity (Wildman–Crippen MR) is 95.4 cm³/mol. The van der Waals surface area contributed by atoms with Crippen molar-refractivity contribution < 1.29 is 22.0 Å². The molecule has 146 valence electrons. The van der Waals surface area contributed by atoms with Gasteiger partial charge in [0.2, 0.25) is 15.9 Å². The second-order valence-electron chi connectivity index (χ2n) is 7.78. The summed E-state index contributed by atoms with van der Waals surface area (Å²) in [5, 5.41) is 2.83. The maximum absolute atomic E-state index is 12.9. The average Bonchev–Trinajstić information content (AvgIpc) is 2.59. The molecule has 1 amide bonds. The molecule has 0 spiro atoms. The number of rotatable bonds is 5. The van der Waals surface area contributed by atoms with Crippen molar-refractivity contribution in [2.45, 2.75) is 57.4 Å². The predicted octanol–water partition coefficient (Wildman–Crippen LogP) is 3.33. The molecule has 1 aliphatic heterocycles. The summed E-state index contributed by atoms with van der Waals surface area (Å²) >= 11 is 0. The Labute approximate surface area is 153 Å². The van der Waals surface area contributed by atoms with Gasteiger partial charge in [-0.2, -0.15) is 4.31 Å². The molecule has 1 fully saturated rings. The topological polar surface area (TPSA) is 66.5 Å². The van der Waals surface area contributed by atoms with Crippen molar-refractivity contribution in [3.63, 3.8) is 0 Å². The first-order valence-corrected chi connectivity index (χ1v) is 10.1. The highest BCUT2D eigenvalue weighted by atomic mass is 32.2. The monoisotopic (exact) mass is 388 g/mol. The highest BCUT2D eigenvalue weighted by Gasteiger charge is 2.37. The standard InChI is InChI=1S/C18H26F2N2O3S/c1-18(2,3)12-21-17(23)15-6-4-5-11-22(15)26(24,25)14-9-7-13(8-10-14)16(19)20/h7-10,15-16H,4-6,11-12H2,1-3H3,(H,21,23)/t15-/m0/s1. The molecule has 1 aromatic rings. The van der Waals surface area contributed by atoms with Crippen LogP contribution >= 0.6 is 0 Å². The normalized spacial score (nSPS) is 19.5. The lowest BCUT2D eigenvalue weighted by Crippen LogP contribution is -2.52. The summed E-state index contributed by atoms with van der Waals surface area (Å²) in [5.74, 6) is -0.313. The minimum Gasteiger partial charge on any atom is -0.354 e. The Morgan fingerprint density at radius 1 is 1.23 bits per heavy atom. The van der Waals surface area contributed by atoms with Crippen LogP contribution in [0.2, 0.25) is 0 Å². The van der Waals surface area contributed by atoms with Crippen LogP contribution in [-0.4, -0.2) is 37.8 Å². The van der Waals surface area contributed by atoms with Crippen molar-refractivity contribution in [1.82, 2.24) is 9.62 Å². The number of halogens is 2. The fourth-order valence-electron chi connectivity index (χ4n) is 2.85. The summed E-state index contributed by atoms with van der Waals surface area (Å²) in [7, 11) is -3.92. The van der Waals surface area contributed by atoms with Gasteiger partial charge in [0.05, 0.1) is 4.90 Å². The number of piperidine rings is 1. The van der Waals surface area contributed by atoms with Crippen LogP contribution in [0.15, 0.2) is 29.2 Å². The molecule has 0 saturated carbocycles. The number of nitrogens with zero attached hydrogens (tertiary/aromatic N) is 1. The molecule has 1 N–H and O–H groups in total.